The normalized spacial score (nSPS) is 16.9. The SMILES string of the molecule is Cc1cc(C(=O)O)ccc1-c1ccc(C[C@H](NC(=O)C2CCC(CNC(=O)OC(C)(C)C)CC2)C(=O)Nc2ccc3nc(C(F)(F)F)[nH]c3c2)cc1. The van der Waals surface area contributed by atoms with Crippen LogP contribution in [0, 0.1) is 18.8 Å². The number of nitrogens with one attached hydrogen (secondary N) is 4. The molecule has 0 bridgehead atoms. The summed E-state index contributed by atoms with van der Waals surface area (Å²) in [6.45, 7) is 7.61. The van der Waals surface area contributed by atoms with Crippen molar-refractivity contribution in [2.45, 2.75) is 77.6 Å². The molecule has 3 amide bonds. The maximum Gasteiger partial charge on any atom is 0.449 e. The Morgan fingerprint density at radius 1 is 0.962 bits per heavy atom. The van der Waals surface area contributed by atoms with Crippen LogP contribution in [-0.4, -0.2) is 57.1 Å². The molecule has 1 saturated carbocycles. The van der Waals surface area contributed by atoms with E-state index in [1.165, 1.54) is 24.3 Å². The van der Waals surface area contributed by atoms with Crippen molar-refractivity contribution in [3.05, 3.63) is 83.2 Å². The number of aromatic amines is 1. The number of benzene rings is 3. The molecule has 3 aromatic carbocycles. The van der Waals surface area contributed by atoms with Gasteiger partial charge in [0.25, 0.3) is 0 Å². The minimum absolute atomic E-state index is 0.0833. The van der Waals surface area contributed by atoms with E-state index in [9.17, 15) is 37.5 Å². The van der Waals surface area contributed by atoms with E-state index in [1.807, 2.05) is 31.2 Å². The minimum atomic E-state index is -4.66. The Balaban J connectivity index is 1.29. The van der Waals surface area contributed by atoms with E-state index in [1.54, 1.807) is 32.9 Å². The van der Waals surface area contributed by atoms with Crippen molar-refractivity contribution >= 4 is 40.6 Å². The Labute approximate surface area is 298 Å². The number of hydrogen-bond donors (Lipinski definition) is 5. The van der Waals surface area contributed by atoms with Crippen LogP contribution in [0.1, 0.15) is 73.8 Å². The van der Waals surface area contributed by atoms with E-state index in [-0.39, 0.29) is 46.4 Å². The third kappa shape index (κ3) is 9.89. The van der Waals surface area contributed by atoms with Crippen LogP contribution >= 0.6 is 0 Å². The largest absolute Gasteiger partial charge is 0.478 e. The quantitative estimate of drug-likeness (QED) is 0.115. The van der Waals surface area contributed by atoms with Gasteiger partial charge < -0.3 is 30.8 Å². The molecule has 5 N–H and O–H groups in total. The number of anilines is 1. The summed E-state index contributed by atoms with van der Waals surface area (Å²) in [5.41, 5.74) is 3.17. The predicted octanol–water partition coefficient (Wildman–Crippen LogP) is 7.25. The lowest BCUT2D eigenvalue weighted by Gasteiger charge is -2.29. The van der Waals surface area contributed by atoms with Gasteiger partial charge in [-0.25, -0.2) is 14.6 Å². The van der Waals surface area contributed by atoms with Crippen LogP contribution in [0.3, 0.4) is 0 Å². The van der Waals surface area contributed by atoms with Gasteiger partial charge in [0.1, 0.15) is 11.6 Å². The number of aryl methyl sites for hydroxylation is 1. The first-order chi connectivity index (χ1) is 24.4. The number of carboxylic acids is 1. The molecule has 0 saturated heterocycles. The Hall–Kier alpha value is -5.40. The predicted molar refractivity (Wildman–Crippen MR) is 189 cm³/mol. The molecule has 1 fully saturated rings. The Kier molecular flexibility index (Phi) is 11.3. The molecule has 4 aromatic rings. The molecule has 1 heterocycles. The van der Waals surface area contributed by atoms with E-state index in [4.69, 9.17) is 4.74 Å². The van der Waals surface area contributed by atoms with Gasteiger partial charge in [0.2, 0.25) is 17.6 Å². The lowest BCUT2D eigenvalue weighted by Crippen LogP contribution is -2.48. The van der Waals surface area contributed by atoms with Crippen molar-refractivity contribution in [2.75, 3.05) is 11.9 Å². The van der Waals surface area contributed by atoms with Crippen LogP contribution in [0.15, 0.2) is 60.7 Å². The summed E-state index contributed by atoms with van der Waals surface area (Å²) in [4.78, 5) is 56.5. The number of H-pyrrole nitrogens is 1. The fourth-order valence-electron chi connectivity index (χ4n) is 6.30. The number of imidazole rings is 1. The van der Waals surface area contributed by atoms with Gasteiger partial charge in [0.05, 0.1) is 16.6 Å². The van der Waals surface area contributed by atoms with Gasteiger partial charge in [-0.15, -0.1) is 0 Å². The highest BCUT2D eigenvalue weighted by molar-refractivity contribution is 5.99. The molecule has 0 radical (unpaired) electrons. The summed E-state index contributed by atoms with van der Waals surface area (Å²) in [5.74, 6) is -3.19. The van der Waals surface area contributed by atoms with E-state index in [2.05, 4.69) is 25.9 Å². The molecule has 11 nitrogen and oxygen atoms in total. The number of aromatic carboxylic acids is 1. The Bertz CT molecular complexity index is 1940. The molecule has 1 aliphatic carbocycles. The first-order valence-electron chi connectivity index (χ1n) is 17.0. The fraction of sp³-hybridized carbons (Fsp3) is 0.395. The number of alkyl halides is 3. The second-order valence-electron chi connectivity index (χ2n) is 14.2. The van der Waals surface area contributed by atoms with Gasteiger partial charge in [-0.1, -0.05) is 30.3 Å². The highest BCUT2D eigenvalue weighted by atomic mass is 19.4. The molecule has 5 rings (SSSR count). The average molecular weight is 722 g/mol. The molecule has 0 spiro atoms. The van der Waals surface area contributed by atoms with E-state index < -0.39 is 41.6 Å². The molecule has 14 heteroatoms. The van der Waals surface area contributed by atoms with E-state index >= 15 is 0 Å². The van der Waals surface area contributed by atoms with Crippen molar-refractivity contribution in [1.82, 2.24) is 20.6 Å². The van der Waals surface area contributed by atoms with Crippen LogP contribution in [0.25, 0.3) is 22.2 Å². The van der Waals surface area contributed by atoms with Crippen LogP contribution in [0.2, 0.25) is 0 Å². The number of carbonyl (C=O) groups is 4. The molecule has 276 valence electrons. The molecule has 52 heavy (non-hydrogen) atoms. The number of hydrogen-bond acceptors (Lipinski definition) is 6. The summed E-state index contributed by atoms with van der Waals surface area (Å²) in [6, 6.07) is 15.4. The van der Waals surface area contributed by atoms with Crippen molar-refractivity contribution in [3.8, 4) is 11.1 Å². The first-order valence-corrected chi connectivity index (χ1v) is 17.0. The van der Waals surface area contributed by atoms with Crippen LogP contribution in [0.4, 0.5) is 23.7 Å². The zero-order valence-corrected chi connectivity index (χ0v) is 29.3. The number of fused-ring (bicyclic) bond motifs is 1. The average Bonchev–Trinajstić information content (AvgIpc) is 3.51. The summed E-state index contributed by atoms with van der Waals surface area (Å²) in [6.07, 6.45) is -2.52. The number of ether oxygens (including phenoxy) is 1. The number of rotatable bonds is 10. The number of carboxylic acid groups (broad SMARTS) is 1. The monoisotopic (exact) mass is 721 g/mol. The molecule has 0 unspecified atom stereocenters. The summed E-state index contributed by atoms with van der Waals surface area (Å²) < 4.78 is 44.9. The lowest BCUT2D eigenvalue weighted by molar-refractivity contribution is -0.144. The van der Waals surface area contributed by atoms with E-state index in [0.29, 0.717) is 32.2 Å². The van der Waals surface area contributed by atoms with Gasteiger partial charge in [-0.3, -0.25) is 9.59 Å². The summed E-state index contributed by atoms with van der Waals surface area (Å²) in [5, 5.41) is 17.8. The highest BCUT2D eigenvalue weighted by Gasteiger charge is 2.35. The van der Waals surface area contributed by atoms with Gasteiger partial charge in [-0.2, -0.15) is 13.2 Å². The van der Waals surface area contributed by atoms with Crippen LogP contribution in [-0.2, 0) is 26.9 Å². The lowest BCUT2D eigenvalue weighted by atomic mass is 9.81. The van der Waals surface area contributed by atoms with Crippen molar-refractivity contribution in [2.24, 2.45) is 11.8 Å². The van der Waals surface area contributed by atoms with E-state index in [0.717, 1.165) is 22.3 Å². The summed E-state index contributed by atoms with van der Waals surface area (Å²) in [7, 11) is 0. The van der Waals surface area contributed by atoms with Gasteiger partial charge in [0, 0.05) is 24.6 Å². The minimum Gasteiger partial charge on any atom is -0.478 e. The van der Waals surface area contributed by atoms with Crippen molar-refractivity contribution < 1.29 is 42.2 Å². The Morgan fingerprint density at radius 2 is 1.65 bits per heavy atom. The maximum atomic E-state index is 13.7. The summed E-state index contributed by atoms with van der Waals surface area (Å²) >= 11 is 0. The molecular weight excluding hydrogens is 679 g/mol. The fourth-order valence-corrected chi connectivity index (χ4v) is 6.30. The topological polar surface area (TPSA) is 163 Å². The second kappa shape index (κ2) is 15.5. The van der Waals surface area contributed by atoms with Gasteiger partial charge in [-0.05, 0) is 112 Å². The number of alkyl carbamates (subject to hydrolysis) is 1. The third-order valence-electron chi connectivity index (χ3n) is 8.98. The van der Waals surface area contributed by atoms with Gasteiger partial charge >= 0.3 is 18.2 Å². The smallest absolute Gasteiger partial charge is 0.449 e. The van der Waals surface area contributed by atoms with Crippen LogP contribution < -0.4 is 16.0 Å². The number of carbonyl (C=O) groups excluding carboxylic acids is 3. The number of nitrogens with zero attached hydrogens (tertiary/aromatic N) is 1. The molecule has 1 atom stereocenters. The standard InChI is InChI=1S/C38H42F3N5O6/c1-21-17-26(34(49)50)13-15-28(21)24-9-5-22(6-10-24)18-31(33(48)43-27-14-16-29-30(19-27)46-35(45-29)38(39,40)41)44-32(47)25-11-7-23(8-12-25)20-42-36(51)52-37(2,3)4/h5-6,9-10,13-17,19,23,25,31H,7-8,11-12,18,20H2,1-4H3,(H,42,51)(H,43,48)(H,44,47)(H,45,46)(H,49,50)/t23?,25?,31-/m0/s1. The molecule has 0 aliphatic heterocycles. The zero-order chi connectivity index (χ0) is 37.8. The van der Waals surface area contributed by atoms with Crippen molar-refractivity contribution in [3.63, 3.8) is 0 Å². The molecule has 1 aromatic heterocycles. The third-order valence-corrected chi connectivity index (χ3v) is 8.98. The number of aromatic nitrogens is 2. The number of amides is 3. The van der Waals surface area contributed by atoms with Crippen molar-refractivity contribution in [1.29, 1.82) is 0 Å². The Morgan fingerprint density at radius 3 is 2.27 bits per heavy atom. The van der Waals surface area contributed by atoms with Gasteiger partial charge in [0.15, 0.2) is 0 Å². The molecule has 1 aliphatic rings. The molecular formula is C38H42F3N5O6. The second-order valence-corrected chi connectivity index (χ2v) is 14.2. The first kappa shape index (κ1) is 37.8. The maximum absolute atomic E-state index is 13.7. The van der Waals surface area contributed by atoms with Crippen LogP contribution in [0.5, 0.6) is 0 Å². The number of halogens is 3. The highest BCUT2D eigenvalue weighted by Crippen LogP contribution is 2.31. The zero-order valence-electron chi connectivity index (χ0n) is 29.3.